The number of ether oxygens (including phenoxy) is 1. The topological polar surface area (TPSA) is 107 Å². The van der Waals surface area contributed by atoms with Gasteiger partial charge in [0, 0.05) is 23.2 Å². The highest BCUT2D eigenvalue weighted by molar-refractivity contribution is 5.93. The maximum absolute atomic E-state index is 11.4. The zero-order valence-corrected chi connectivity index (χ0v) is 12.6. The van der Waals surface area contributed by atoms with Crippen molar-refractivity contribution in [2.75, 3.05) is 12.4 Å². The normalized spacial score (nSPS) is 10.4. The van der Waals surface area contributed by atoms with Crippen LogP contribution in [0.3, 0.4) is 0 Å². The fourth-order valence-electron chi connectivity index (χ4n) is 2.20. The molecule has 0 radical (unpaired) electrons. The van der Waals surface area contributed by atoms with Crippen LogP contribution in [0.4, 0.5) is 17.2 Å². The molecule has 24 heavy (non-hydrogen) atoms. The molecule has 0 amide bonds. The molecule has 0 atom stereocenters. The number of nitrogens with zero attached hydrogens (tertiary/aromatic N) is 3. The zero-order valence-electron chi connectivity index (χ0n) is 12.6. The summed E-state index contributed by atoms with van der Waals surface area (Å²) in [4.78, 5) is 30.1. The van der Waals surface area contributed by atoms with Gasteiger partial charge in [-0.15, -0.1) is 0 Å². The molecule has 0 fully saturated rings. The van der Waals surface area contributed by atoms with Crippen molar-refractivity contribution >= 4 is 34.1 Å². The quantitative estimate of drug-likeness (QED) is 0.446. The van der Waals surface area contributed by atoms with Crippen molar-refractivity contribution < 1.29 is 14.5 Å². The van der Waals surface area contributed by atoms with Crippen molar-refractivity contribution in [2.24, 2.45) is 0 Å². The van der Waals surface area contributed by atoms with Crippen LogP contribution in [-0.2, 0) is 4.74 Å². The molecule has 0 spiro atoms. The molecule has 3 aromatic rings. The molecule has 0 unspecified atom stereocenters. The molecule has 120 valence electrons. The summed E-state index contributed by atoms with van der Waals surface area (Å²) >= 11 is 0. The number of aromatic nitrogens is 2. The number of hydrogen-bond acceptors (Lipinski definition) is 7. The predicted octanol–water partition coefficient (Wildman–Crippen LogP) is 3.07. The first-order valence-corrected chi connectivity index (χ1v) is 6.93. The molecule has 1 N–H and O–H groups in total. The Bertz CT molecular complexity index is 925. The average molecular weight is 324 g/mol. The van der Waals surface area contributed by atoms with E-state index in [0.29, 0.717) is 28.0 Å². The summed E-state index contributed by atoms with van der Waals surface area (Å²) in [7, 11) is 1.31. The Hall–Kier alpha value is -3.55. The van der Waals surface area contributed by atoms with Crippen LogP contribution < -0.4 is 5.32 Å². The van der Waals surface area contributed by atoms with Crippen molar-refractivity contribution in [1.29, 1.82) is 0 Å². The maximum Gasteiger partial charge on any atom is 0.337 e. The Kier molecular flexibility index (Phi) is 4.02. The van der Waals surface area contributed by atoms with Crippen LogP contribution in [0.25, 0.3) is 10.9 Å². The standard InChI is InChI=1S/C16H12N4O4/c1-24-16(21)10-2-4-11(5-3-10)19-15-13-8-12(20(22)23)6-7-14(13)17-9-18-15/h2-9H,1H3,(H,17,18,19). The van der Waals surface area contributed by atoms with Gasteiger partial charge in [-0.1, -0.05) is 0 Å². The number of hydrogen-bond donors (Lipinski definition) is 1. The maximum atomic E-state index is 11.4. The Morgan fingerprint density at radius 3 is 2.58 bits per heavy atom. The fourth-order valence-corrected chi connectivity index (χ4v) is 2.20. The Labute approximate surface area is 136 Å². The number of rotatable bonds is 4. The number of carbonyl (C=O) groups is 1. The minimum absolute atomic E-state index is 0.0404. The van der Waals surface area contributed by atoms with E-state index < -0.39 is 10.9 Å². The molecule has 0 aliphatic carbocycles. The number of nitrogens with one attached hydrogen (secondary N) is 1. The highest BCUT2D eigenvalue weighted by Gasteiger charge is 2.11. The third-order valence-electron chi connectivity index (χ3n) is 3.40. The van der Waals surface area contributed by atoms with E-state index in [1.54, 1.807) is 30.3 Å². The van der Waals surface area contributed by atoms with E-state index in [2.05, 4.69) is 20.0 Å². The number of anilines is 2. The number of benzene rings is 2. The van der Waals surface area contributed by atoms with E-state index >= 15 is 0 Å². The summed E-state index contributed by atoms with van der Waals surface area (Å²) in [5.41, 5.74) is 1.64. The molecule has 0 aliphatic heterocycles. The van der Waals surface area contributed by atoms with Crippen molar-refractivity contribution in [1.82, 2.24) is 9.97 Å². The predicted molar refractivity (Wildman–Crippen MR) is 87.3 cm³/mol. The molecule has 0 bridgehead atoms. The molecule has 1 heterocycles. The number of esters is 1. The monoisotopic (exact) mass is 324 g/mol. The lowest BCUT2D eigenvalue weighted by Crippen LogP contribution is -2.01. The Balaban J connectivity index is 1.96. The highest BCUT2D eigenvalue weighted by atomic mass is 16.6. The van der Waals surface area contributed by atoms with Gasteiger partial charge in [0.1, 0.15) is 12.1 Å². The fraction of sp³-hybridized carbons (Fsp3) is 0.0625. The molecule has 1 aromatic heterocycles. The number of fused-ring (bicyclic) bond motifs is 1. The van der Waals surface area contributed by atoms with E-state index in [9.17, 15) is 14.9 Å². The van der Waals surface area contributed by atoms with Crippen molar-refractivity contribution in [3.05, 3.63) is 64.5 Å². The largest absolute Gasteiger partial charge is 0.465 e. The zero-order chi connectivity index (χ0) is 17.1. The van der Waals surface area contributed by atoms with Gasteiger partial charge in [-0.2, -0.15) is 0 Å². The van der Waals surface area contributed by atoms with Gasteiger partial charge in [-0.25, -0.2) is 14.8 Å². The van der Waals surface area contributed by atoms with Crippen molar-refractivity contribution in [3.63, 3.8) is 0 Å². The summed E-state index contributed by atoms with van der Waals surface area (Å²) in [5, 5.41) is 14.5. The van der Waals surface area contributed by atoms with Gasteiger partial charge in [-0.3, -0.25) is 10.1 Å². The van der Waals surface area contributed by atoms with Crippen LogP contribution in [-0.4, -0.2) is 28.0 Å². The SMILES string of the molecule is COC(=O)c1ccc(Nc2ncnc3ccc([N+](=O)[O-])cc23)cc1. The molecule has 0 saturated carbocycles. The molecule has 0 aliphatic rings. The van der Waals surface area contributed by atoms with Crippen LogP contribution in [0.5, 0.6) is 0 Å². The first-order valence-electron chi connectivity index (χ1n) is 6.93. The summed E-state index contributed by atoms with van der Waals surface area (Å²) in [5.74, 6) is 0.0131. The van der Waals surface area contributed by atoms with Gasteiger partial charge < -0.3 is 10.1 Å². The van der Waals surface area contributed by atoms with Gasteiger partial charge in [0.15, 0.2) is 0 Å². The average Bonchev–Trinajstić information content (AvgIpc) is 2.61. The van der Waals surface area contributed by atoms with E-state index in [-0.39, 0.29) is 5.69 Å². The molecule has 0 saturated heterocycles. The summed E-state index contributed by atoms with van der Waals surface area (Å²) in [6.45, 7) is 0. The molecule has 3 rings (SSSR count). The molecule has 2 aromatic carbocycles. The summed E-state index contributed by atoms with van der Waals surface area (Å²) in [6.07, 6.45) is 1.37. The number of carbonyl (C=O) groups excluding carboxylic acids is 1. The Morgan fingerprint density at radius 1 is 1.17 bits per heavy atom. The van der Waals surface area contributed by atoms with Crippen molar-refractivity contribution in [3.8, 4) is 0 Å². The summed E-state index contributed by atoms with van der Waals surface area (Å²) in [6, 6.07) is 11.0. The van der Waals surface area contributed by atoms with Crippen molar-refractivity contribution in [2.45, 2.75) is 0 Å². The second-order valence-corrected chi connectivity index (χ2v) is 4.87. The van der Waals surface area contributed by atoms with E-state index in [1.165, 1.54) is 25.6 Å². The van der Waals surface area contributed by atoms with E-state index in [4.69, 9.17) is 0 Å². The van der Waals surface area contributed by atoms with Crippen LogP contribution in [0, 0.1) is 10.1 Å². The second-order valence-electron chi connectivity index (χ2n) is 4.87. The van der Waals surface area contributed by atoms with Gasteiger partial charge in [0.2, 0.25) is 0 Å². The number of non-ortho nitro benzene ring substituents is 1. The van der Waals surface area contributed by atoms with Crippen LogP contribution >= 0.6 is 0 Å². The van der Waals surface area contributed by atoms with Gasteiger partial charge in [-0.05, 0) is 30.3 Å². The van der Waals surface area contributed by atoms with Crippen LogP contribution in [0.2, 0.25) is 0 Å². The first-order chi connectivity index (χ1) is 11.6. The molecule has 8 nitrogen and oxygen atoms in total. The lowest BCUT2D eigenvalue weighted by molar-refractivity contribution is -0.384. The van der Waals surface area contributed by atoms with E-state index in [1.807, 2.05) is 0 Å². The van der Waals surface area contributed by atoms with Gasteiger partial charge >= 0.3 is 5.97 Å². The lowest BCUT2D eigenvalue weighted by Gasteiger charge is -2.08. The third kappa shape index (κ3) is 2.98. The minimum Gasteiger partial charge on any atom is -0.465 e. The van der Waals surface area contributed by atoms with Gasteiger partial charge in [0.25, 0.3) is 5.69 Å². The van der Waals surface area contributed by atoms with E-state index in [0.717, 1.165) is 0 Å². The Morgan fingerprint density at radius 2 is 1.92 bits per heavy atom. The number of methoxy groups -OCH3 is 1. The van der Waals surface area contributed by atoms with Crippen LogP contribution in [0.1, 0.15) is 10.4 Å². The third-order valence-corrected chi connectivity index (χ3v) is 3.40. The number of nitro benzene ring substituents is 1. The second kappa shape index (κ2) is 6.29. The molecule has 8 heteroatoms. The lowest BCUT2D eigenvalue weighted by atomic mass is 10.2. The van der Waals surface area contributed by atoms with Crippen LogP contribution in [0.15, 0.2) is 48.8 Å². The minimum atomic E-state index is -0.471. The molecular formula is C16H12N4O4. The molecular weight excluding hydrogens is 312 g/mol. The first kappa shape index (κ1) is 15.3. The van der Waals surface area contributed by atoms with Gasteiger partial charge in [0.05, 0.1) is 23.1 Å². The summed E-state index contributed by atoms with van der Waals surface area (Å²) < 4.78 is 4.64. The smallest absolute Gasteiger partial charge is 0.337 e. The highest BCUT2D eigenvalue weighted by Crippen LogP contribution is 2.26. The number of nitro groups is 1.